The van der Waals surface area contributed by atoms with E-state index < -0.39 is 0 Å². The number of rotatable bonds is 4. The molecule has 1 N–H and O–H groups in total. The molecular weight excluding hydrogens is 242 g/mol. The standard InChI is InChI=1S/C14H23N3S/c1-4-13-10-17(7-8-18-13)14-9-12(5-6-16-14)11(2)15-3/h5-6,9,11,13,15H,4,7-8,10H2,1-3H3. The number of pyridine rings is 1. The van der Waals surface area contributed by atoms with Crippen LogP contribution in [-0.2, 0) is 0 Å². The molecular formula is C14H23N3S. The van der Waals surface area contributed by atoms with Crippen LogP contribution in [0.1, 0.15) is 31.9 Å². The fourth-order valence-electron chi connectivity index (χ4n) is 2.22. The molecule has 0 amide bonds. The summed E-state index contributed by atoms with van der Waals surface area (Å²) in [4.78, 5) is 6.96. The molecule has 2 rings (SSSR count). The number of hydrogen-bond acceptors (Lipinski definition) is 4. The minimum absolute atomic E-state index is 0.382. The van der Waals surface area contributed by atoms with Gasteiger partial charge in [0.2, 0.25) is 0 Å². The first-order valence-electron chi connectivity index (χ1n) is 6.74. The lowest BCUT2D eigenvalue weighted by molar-refractivity contribution is 0.649. The summed E-state index contributed by atoms with van der Waals surface area (Å²) in [7, 11) is 2.00. The van der Waals surface area contributed by atoms with E-state index >= 15 is 0 Å². The van der Waals surface area contributed by atoms with Crippen molar-refractivity contribution < 1.29 is 0 Å². The Balaban J connectivity index is 2.12. The van der Waals surface area contributed by atoms with Gasteiger partial charge >= 0.3 is 0 Å². The molecule has 0 aromatic carbocycles. The van der Waals surface area contributed by atoms with Gasteiger partial charge in [-0.1, -0.05) is 6.92 Å². The molecule has 4 heteroatoms. The van der Waals surface area contributed by atoms with E-state index in [1.165, 1.54) is 17.7 Å². The molecule has 0 saturated carbocycles. The Bertz CT molecular complexity index is 383. The van der Waals surface area contributed by atoms with E-state index in [0.29, 0.717) is 6.04 Å². The van der Waals surface area contributed by atoms with Gasteiger partial charge in [0.15, 0.2) is 0 Å². The van der Waals surface area contributed by atoms with E-state index in [1.54, 1.807) is 0 Å². The van der Waals surface area contributed by atoms with Crippen LogP contribution in [0.15, 0.2) is 18.3 Å². The summed E-state index contributed by atoms with van der Waals surface area (Å²) in [6.07, 6.45) is 3.18. The van der Waals surface area contributed by atoms with Crippen molar-refractivity contribution in [3.05, 3.63) is 23.9 Å². The SMILES string of the molecule is CCC1CN(c2cc(C(C)NC)ccn2)CCS1. The number of aromatic nitrogens is 1. The fourth-order valence-corrected chi connectivity index (χ4v) is 3.40. The van der Waals surface area contributed by atoms with Crippen molar-refractivity contribution in [2.45, 2.75) is 31.6 Å². The van der Waals surface area contributed by atoms with Crippen LogP contribution in [-0.4, -0.2) is 36.1 Å². The van der Waals surface area contributed by atoms with Gasteiger partial charge in [-0.15, -0.1) is 0 Å². The van der Waals surface area contributed by atoms with Crippen molar-refractivity contribution in [2.24, 2.45) is 0 Å². The fraction of sp³-hybridized carbons (Fsp3) is 0.643. The topological polar surface area (TPSA) is 28.2 Å². The second-order valence-corrected chi connectivity index (χ2v) is 6.21. The second kappa shape index (κ2) is 6.43. The molecule has 1 aliphatic heterocycles. The first kappa shape index (κ1) is 13.7. The van der Waals surface area contributed by atoms with Gasteiger partial charge < -0.3 is 10.2 Å². The van der Waals surface area contributed by atoms with Crippen molar-refractivity contribution in [1.29, 1.82) is 0 Å². The Morgan fingerprint density at radius 2 is 2.44 bits per heavy atom. The summed E-state index contributed by atoms with van der Waals surface area (Å²) in [5.74, 6) is 2.35. The Hall–Kier alpha value is -0.740. The highest BCUT2D eigenvalue weighted by molar-refractivity contribution is 8.00. The molecule has 1 aliphatic rings. The van der Waals surface area contributed by atoms with Crippen molar-refractivity contribution in [1.82, 2.24) is 10.3 Å². The van der Waals surface area contributed by atoms with Crippen LogP contribution in [0.25, 0.3) is 0 Å². The van der Waals surface area contributed by atoms with E-state index in [4.69, 9.17) is 0 Å². The maximum atomic E-state index is 4.54. The molecule has 3 nitrogen and oxygen atoms in total. The molecule has 100 valence electrons. The van der Waals surface area contributed by atoms with Crippen LogP contribution < -0.4 is 10.2 Å². The average molecular weight is 265 g/mol. The maximum Gasteiger partial charge on any atom is 0.128 e. The third-order valence-electron chi connectivity index (χ3n) is 3.62. The molecule has 1 saturated heterocycles. The van der Waals surface area contributed by atoms with Crippen molar-refractivity contribution in [3.63, 3.8) is 0 Å². The third kappa shape index (κ3) is 3.18. The molecule has 2 heterocycles. The molecule has 0 bridgehead atoms. The highest BCUT2D eigenvalue weighted by atomic mass is 32.2. The maximum absolute atomic E-state index is 4.54. The highest BCUT2D eigenvalue weighted by Gasteiger charge is 2.20. The zero-order chi connectivity index (χ0) is 13.0. The van der Waals surface area contributed by atoms with Gasteiger partial charge in [-0.05, 0) is 38.1 Å². The molecule has 1 aromatic heterocycles. The first-order valence-corrected chi connectivity index (χ1v) is 7.79. The minimum atomic E-state index is 0.382. The molecule has 1 fully saturated rings. The van der Waals surface area contributed by atoms with Crippen LogP contribution in [0.5, 0.6) is 0 Å². The van der Waals surface area contributed by atoms with Crippen LogP contribution in [0, 0.1) is 0 Å². The monoisotopic (exact) mass is 265 g/mol. The number of hydrogen-bond donors (Lipinski definition) is 1. The van der Waals surface area contributed by atoms with Crippen LogP contribution in [0.4, 0.5) is 5.82 Å². The largest absolute Gasteiger partial charge is 0.355 e. The van der Waals surface area contributed by atoms with Gasteiger partial charge in [-0.2, -0.15) is 11.8 Å². The van der Waals surface area contributed by atoms with Crippen LogP contribution >= 0.6 is 11.8 Å². The zero-order valence-electron chi connectivity index (χ0n) is 11.5. The Labute approximate surface area is 114 Å². The highest BCUT2D eigenvalue weighted by Crippen LogP contribution is 2.25. The Morgan fingerprint density at radius 1 is 1.61 bits per heavy atom. The number of anilines is 1. The molecule has 0 aliphatic carbocycles. The number of thioether (sulfide) groups is 1. The van der Waals surface area contributed by atoms with Gasteiger partial charge in [-0.25, -0.2) is 4.98 Å². The predicted octanol–water partition coefficient (Wildman–Crippen LogP) is 2.69. The Kier molecular flexibility index (Phi) is 4.89. The van der Waals surface area contributed by atoms with Gasteiger partial charge in [0.1, 0.15) is 5.82 Å². The van der Waals surface area contributed by atoms with Crippen molar-refractivity contribution >= 4 is 17.6 Å². The summed E-state index contributed by atoms with van der Waals surface area (Å²) < 4.78 is 0. The van der Waals surface area contributed by atoms with E-state index in [2.05, 4.69) is 52.9 Å². The smallest absolute Gasteiger partial charge is 0.128 e. The second-order valence-electron chi connectivity index (χ2n) is 4.80. The third-order valence-corrected chi connectivity index (χ3v) is 4.99. The van der Waals surface area contributed by atoms with Crippen LogP contribution in [0.3, 0.4) is 0 Å². The molecule has 18 heavy (non-hydrogen) atoms. The lowest BCUT2D eigenvalue weighted by Crippen LogP contribution is -2.38. The van der Waals surface area contributed by atoms with Gasteiger partial charge in [0.25, 0.3) is 0 Å². The minimum Gasteiger partial charge on any atom is -0.355 e. The first-order chi connectivity index (χ1) is 8.74. The molecule has 2 unspecified atom stereocenters. The van der Waals surface area contributed by atoms with Gasteiger partial charge in [-0.3, -0.25) is 0 Å². The number of nitrogens with one attached hydrogen (secondary N) is 1. The molecule has 2 atom stereocenters. The summed E-state index contributed by atoms with van der Waals surface area (Å²) in [6, 6.07) is 4.71. The zero-order valence-corrected chi connectivity index (χ0v) is 12.3. The van der Waals surface area contributed by atoms with E-state index in [9.17, 15) is 0 Å². The van der Waals surface area contributed by atoms with E-state index in [0.717, 1.165) is 24.2 Å². The molecule has 1 aromatic rings. The summed E-state index contributed by atoms with van der Waals surface area (Å²) in [5, 5.41) is 4.04. The number of nitrogens with zero attached hydrogens (tertiary/aromatic N) is 2. The summed E-state index contributed by atoms with van der Waals surface area (Å²) in [6.45, 7) is 6.70. The van der Waals surface area contributed by atoms with Crippen LogP contribution in [0.2, 0.25) is 0 Å². The van der Waals surface area contributed by atoms with E-state index in [-0.39, 0.29) is 0 Å². The molecule has 0 radical (unpaired) electrons. The lowest BCUT2D eigenvalue weighted by Gasteiger charge is -2.33. The average Bonchev–Trinajstić information content (AvgIpc) is 2.46. The van der Waals surface area contributed by atoms with Gasteiger partial charge in [0, 0.05) is 36.3 Å². The van der Waals surface area contributed by atoms with Crippen molar-refractivity contribution in [3.8, 4) is 0 Å². The lowest BCUT2D eigenvalue weighted by atomic mass is 10.1. The normalized spacial score (nSPS) is 21.9. The summed E-state index contributed by atoms with van der Waals surface area (Å²) >= 11 is 2.09. The Morgan fingerprint density at radius 3 is 3.17 bits per heavy atom. The molecule has 0 spiro atoms. The van der Waals surface area contributed by atoms with Crippen molar-refractivity contribution in [2.75, 3.05) is 30.8 Å². The summed E-state index contributed by atoms with van der Waals surface area (Å²) in [5.41, 5.74) is 1.31. The quantitative estimate of drug-likeness (QED) is 0.906. The predicted molar refractivity (Wildman–Crippen MR) is 80.5 cm³/mol. The van der Waals surface area contributed by atoms with Gasteiger partial charge in [0.05, 0.1) is 0 Å². The van der Waals surface area contributed by atoms with E-state index in [1.807, 2.05) is 13.2 Å².